The van der Waals surface area contributed by atoms with Gasteiger partial charge in [0.2, 0.25) is 0 Å². The highest BCUT2D eigenvalue weighted by atomic mass is 31.1. The fraction of sp³-hybridized carbons (Fsp3) is 0.250. The minimum absolute atomic E-state index is 0.469. The van der Waals surface area contributed by atoms with Gasteiger partial charge in [0.05, 0.1) is 6.33 Å². The van der Waals surface area contributed by atoms with Crippen molar-refractivity contribution in [2.24, 2.45) is 5.73 Å². The molecule has 0 spiro atoms. The molecule has 19 heavy (non-hydrogen) atoms. The van der Waals surface area contributed by atoms with Crippen molar-refractivity contribution in [1.82, 2.24) is 9.97 Å². The van der Waals surface area contributed by atoms with Crippen LogP contribution in [0.2, 0.25) is 0 Å². The van der Waals surface area contributed by atoms with Crippen molar-refractivity contribution in [3.63, 3.8) is 0 Å². The first-order chi connectivity index (χ1) is 9.15. The van der Waals surface area contributed by atoms with E-state index in [1.807, 2.05) is 0 Å². The van der Waals surface area contributed by atoms with Gasteiger partial charge in [0.15, 0.2) is 0 Å². The number of aromatic nitrogens is 2. The molecular formula is C12H17N3O3P+. The Balaban J connectivity index is 0.000000200. The molecule has 2 atom stereocenters. The number of rotatable bonds is 4. The second-order valence-corrected chi connectivity index (χ2v) is 4.80. The topological polar surface area (TPSA) is 112 Å². The third kappa shape index (κ3) is 5.72. The Bertz CT molecular complexity index is 476. The van der Waals surface area contributed by atoms with Crippen molar-refractivity contribution < 1.29 is 14.6 Å². The van der Waals surface area contributed by atoms with Crippen LogP contribution in [0.3, 0.4) is 0 Å². The van der Waals surface area contributed by atoms with Crippen molar-refractivity contribution in [1.29, 1.82) is 0 Å². The normalized spacial score (nSPS) is 12.3. The van der Waals surface area contributed by atoms with Gasteiger partial charge in [-0.05, 0) is 11.1 Å². The summed E-state index contributed by atoms with van der Waals surface area (Å²) < 4.78 is 10.4. The van der Waals surface area contributed by atoms with Crippen LogP contribution in [0.5, 0.6) is 0 Å². The summed E-state index contributed by atoms with van der Waals surface area (Å²) in [6.45, 7) is 0.683. The molecule has 102 valence electrons. The van der Waals surface area contributed by atoms with Gasteiger partial charge < -0.3 is 15.8 Å². The Morgan fingerprint density at radius 3 is 2.53 bits per heavy atom. The Labute approximate surface area is 112 Å². The maximum atomic E-state index is 10.4. The van der Waals surface area contributed by atoms with Crippen LogP contribution in [0.25, 0.3) is 0 Å². The predicted molar refractivity (Wildman–Crippen MR) is 72.6 cm³/mol. The maximum absolute atomic E-state index is 10.4. The van der Waals surface area contributed by atoms with E-state index in [0.29, 0.717) is 12.1 Å². The van der Waals surface area contributed by atoms with E-state index in [2.05, 4.69) is 9.97 Å². The van der Waals surface area contributed by atoms with E-state index in [9.17, 15) is 4.57 Å². The van der Waals surface area contributed by atoms with Crippen molar-refractivity contribution in [2.45, 2.75) is 12.3 Å². The standard InChI is InChI=1S/C7H7O3P.C5H9N3/c8-7(11(9)10)6-4-2-1-3-5-6;6-2-1-5-3-7-4-8-5/h1-5,7-8H;3-4H,1-2,6H2,(H,7,8)/p+1. The third-order valence-corrected chi connectivity index (χ3v) is 2.99. The summed E-state index contributed by atoms with van der Waals surface area (Å²) in [5.41, 5.74) is 6.84. The average molecular weight is 282 g/mol. The molecule has 0 radical (unpaired) electrons. The van der Waals surface area contributed by atoms with Gasteiger partial charge in [-0.15, -0.1) is 0 Å². The third-order valence-electron chi connectivity index (χ3n) is 2.28. The molecule has 0 aliphatic rings. The lowest BCUT2D eigenvalue weighted by atomic mass is 10.2. The van der Waals surface area contributed by atoms with Crippen LogP contribution < -0.4 is 5.73 Å². The molecule has 2 aromatic rings. The highest BCUT2D eigenvalue weighted by molar-refractivity contribution is 7.38. The first kappa shape index (κ1) is 15.5. The molecule has 0 aliphatic carbocycles. The molecule has 1 aromatic heterocycles. The van der Waals surface area contributed by atoms with Crippen molar-refractivity contribution in [2.75, 3.05) is 6.54 Å². The summed E-state index contributed by atoms with van der Waals surface area (Å²) in [6.07, 6.45) is 4.33. The lowest BCUT2D eigenvalue weighted by Gasteiger charge is -1.94. The van der Waals surface area contributed by atoms with Crippen molar-refractivity contribution in [3.8, 4) is 0 Å². The minimum atomic E-state index is -2.53. The smallest absolute Gasteiger partial charge is 0.348 e. The summed E-state index contributed by atoms with van der Waals surface area (Å²) in [5.74, 6) is -1.26. The van der Waals surface area contributed by atoms with Gasteiger partial charge in [-0.2, -0.15) is 4.89 Å². The van der Waals surface area contributed by atoms with E-state index < -0.39 is 13.9 Å². The number of aliphatic hydroxyl groups is 1. The zero-order chi connectivity index (χ0) is 14.1. The second kappa shape index (κ2) is 8.50. The number of hydrogen-bond acceptors (Lipinski definition) is 4. The zero-order valence-corrected chi connectivity index (χ0v) is 11.2. The van der Waals surface area contributed by atoms with Crippen LogP contribution in [0.4, 0.5) is 0 Å². The van der Waals surface area contributed by atoms with E-state index in [1.54, 1.807) is 42.9 Å². The summed E-state index contributed by atoms with van der Waals surface area (Å²) in [5, 5.41) is 9.06. The SMILES string of the molecule is NCCc1cnc[nH]1.O=[P+](O)C(O)c1ccccc1. The summed E-state index contributed by atoms with van der Waals surface area (Å²) in [6, 6.07) is 8.40. The van der Waals surface area contributed by atoms with Crippen LogP contribution in [-0.4, -0.2) is 26.5 Å². The molecular weight excluding hydrogens is 265 g/mol. The lowest BCUT2D eigenvalue weighted by Crippen LogP contribution is -2.02. The zero-order valence-electron chi connectivity index (χ0n) is 10.3. The average Bonchev–Trinajstić information content (AvgIpc) is 2.93. The molecule has 5 N–H and O–H groups in total. The summed E-state index contributed by atoms with van der Waals surface area (Å²) >= 11 is 0. The molecule has 0 saturated carbocycles. The van der Waals surface area contributed by atoms with Gasteiger partial charge >= 0.3 is 13.9 Å². The van der Waals surface area contributed by atoms with Crippen molar-refractivity contribution >= 4 is 8.03 Å². The highest BCUT2D eigenvalue weighted by Crippen LogP contribution is 2.34. The van der Waals surface area contributed by atoms with Gasteiger partial charge in [-0.1, -0.05) is 30.3 Å². The molecule has 6 nitrogen and oxygen atoms in total. The first-order valence-electron chi connectivity index (χ1n) is 5.70. The molecule has 2 unspecified atom stereocenters. The molecule has 1 aromatic carbocycles. The molecule has 7 heteroatoms. The molecule has 0 amide bonds. The van der Waals surface area contributed by atoms with Crippen LogP contribution in [0, 0.1) is 0 Å². The molecule has 0 aliphatic heterocycles. The van der Waals surface area contributed by atoms with Crippen LogP contribution >= 0.6 is 8.03 Å². The van der Waals surface area contributed by atoms with Gasteiger partial charge in [-0.3, -0.25) is 0 Å². The largest absolute Gasteiger partial charge is 0.542 e. The number of nitrogens with zero attached hydrogens (tertiary/aromatic N) is 1. The Hall–Kier alpha value is -1.59. The Morgan fingerprint density at radius 2 is 2.05 bits per heavy atom. The number of imidazole rings is 1. The van der Waals surface area contributed by atoms with Crippen LogP contribution in [0.15, 0.2) is 42.9 Å². The number of hydrogen-bond donors (Lipinski definition) is 4. The Morgan fingerprint density at radius 1 is 1.37 bits per heavy atom. The number of benzene rings is 1. The summed E-state index contributed by atoms with van der Waals surface area (Å²) in [4.78, 5) is 15.3. The Kier molecular flexibility index (Phi) is 6.92. The summed E-state index contributed by atoms with van der Waals surface area (Å²) in [7, 11) is -2.53. The van der Waals surface area contributed by atoms with Crippen LogP contribution in [-0.2, 0) is 11.0 Å². The van der Waals surface area contributed by atoms with Gasteiger partial charge in [0.25, 0.3) is 0 Å². The minimum Gasteiger partial charge on any atom is -0.348 e. The molecule has 1 heterocycles. The fourth-order valence-electron chi connectivity index (χ4n) is 1.33. The van der Waals surface area contributed by atoms with Crippen molar-refractivity contribution in [3.05, 3.63) is 54.1 Å². The predicted octanol–water partition coefficient (Wildman–Crippen LogP) is 1.32. The molecule has 2 rings (SSSR count). The van der Waals surface area contributed by atoms with E-state index in [1.165, 1.54) is 0 Å². The second-order valence-electron chi connectivity index (χ2n) is 3.70. The quantitative estimate of drug-likeness (QED) is 0.632. The number of aromatic amines is 1. The van der Waals surface area contributed by atoms with Gasteiger partial charge in [-0.25, -0.2) is 4.98 Å². The maximum Gasteiger partial charge on any atom is 0.542 e. The van der Waals surface area contributed by atoms with E-state index in [4.69, 9.17) is 15.7 Å². The molecule has 0 saturated heterocycles. The molecule has 0 fully saturated rings. The van der Waals surface area contributed by atoms with Crippen LogP contribution in [0.1, 0.15) is 17.1 Å². The lowest BCUT2D eigenvalue weighted by molar-refractivity contribution is 0.243. The number of aliphatic hydroxyl groups excluding tert-OH is 1. The number of H-pyrrole nitrogens is 1. The number of nitrogens with two attached hydrogens (primary N) is 1. The van der Waals surface area contributed by atoms with Gasteiger partial charge in [0.1, 0.15) is 0 Å². The molecule has 0 bridgehead atoms. The monoisotopic (exact) mass is 282 g/mol. The number of nitrogens with one attached hydrogen (secondary N) is 1. The highest BCUT2D eigenvalue weighted by Gasteiger charge is 2.27. The van der Waals surface area contributed by atoms with E-state index in [-0.39, 0.29) is 0 Å². The first-order valence-corrected chi connectivity index (χ1v) is 6.99. The van der Waals surface area contributed by atoms with Gasteiger partial charge in [0, 0.05) is 23.9 Å². The van der Waals surface area contributed by atoms with E-state index >= 15 is 0 Å². The van der Waals surface area contributed by atoms with E-state index in [0.717, 1.165) is 12.1 Å². The fourth-order valence-corrected chi connectivity index (χ4v) is 1.76.